The molecule has 0 saturated carbocycles. The molecule has 0 bridgehead atoms. The smallest absolute Gasteiger partial charge is 0.185 e. The summed E-state index contributed by atoms with van der Waals surface area (Å²) in [6.45, 7) is 5.21. The van der Waals surface area contributed by atoms with E-state index in [4.69, 9.17) is 5.73 Å². The summed E-state index contributed by atoms with van der Waals surface area (Å²) in [7, 11) is 0. The number of thiazole rings is 1. The Bertz CT molecular complexity index is 305. The Morgan fingerprint density at radius 2 is 2.20 bits per heavy atom. The highest BCUT2D eigenvalue weighted by atomic mass is 32.1. The predicted molar refractivity (Wildman–Crippen MR) is 65.6 cm³/mol. The molecule has 0 aromatic carbocycles. The number of anilines is 1. The Labute approximate surface area is 95.3 Å². The lowest BCUT2D eigenvalue weighted by Crippen LogP contribution is -2.29. The van der Waals surface area contributed by atoms with Gasteiger partial charge in [0.25, 0.3) is 0 Å². The van der Waals surface area contributed by atoms with Crippen molar-refractivity contribution in [2.24, 2.45) is 5.73 Å². The molecule has 84 valence electrons. The van der Waals surface area contributed by atoms with Crippen LogP contribution in [-0.2, 0) is 0 Å². The number of nitrogens with two attached hydrogens (primary N) is 1. The van der Waals surface area contributed by atoms with Gasteiger partial charge in [0.15, 0.2) is 5.13 Å². The molecule has 1 aliphatic rings. The third-order valence-corrected chi connectivity index (χ3v) is 4.27. The van der Waals surface area contributed by atoms with Crippen molar-refractivity contribution in [1.29, 1.82) is 0 Å². The summed E-state index contributed by atoms with van der Waals surface area (Å²) in [6.07, 6.45) is 5.97. The lowest BCUT2D eigenvalue weighted by Gasteiger charge is -2.25. The van der Waals surface area contributed by atoms with Gasteiger partial charge in [-0.05, 0) is 25.8 Å². The van der Waals surface area contributed by atoms with Crippen molar-refractivity contribution in [3.8, 4) is 0 Å². The van der Waals surface area contributed by atoms with Gasteiger partial charge in [-0.25, -0.2) is 4.98 Å². The van der Waals surface area contributed by atoms with Gasteiger partial charge in [-0.3, -0.25) is 0 Å². The summed E-state index contributed by atoms with van der Waals surface area (Å²) in [5.74, 6) is 0.445. The summed E-state index contributed by atoms with van der Waals surface area (Å²) in [5, 5.41) is 1.19. The van der Waals surface area contributed by atoms with Crippen LogP contribution in [0.15, 0.2) is 6.20 Å². The fourth-order valence-electron chi connectivity index (χ4n) is 1.85. The van der Waals surface area contributed by atoms with Gasteiger partial charge in [0.2, 0.25) is 0 Å². The van der Waals surface area contributed by atoms with Crippen molar-refractivity contribution in [2.45, 2.75) is 32.1 Å². The van der Waals surface area contributed by atoms with Crippen LogP contribution in [0.3, 0.4) is 0 Å². The molecular weight excluding hydrogens is 206 g/mol. The van der Waals surface area contributed by atoms with E-state index in [0.29, 0.717) is 12.5 Å². The van der Waals surface area contributed by atoms with E-state index in [1.54, 1.807) is 11.3 Å². The number of rotatable bonds is 3. The van der Waals surface area contributed by atoms with Crippen molar-refractivity contribution < 1.29 is 0 Å². The monoisotopic (exact) mass is 225 g/mol. The van der Waals surface area contributed by atoms with E-state index in [1.165, 1.54) is 42.4 Å². The molecule has 4 heteroatoms. The average molecular weight is 225 g/mol. The van der Waals surface area contributed by atoms with E-state index >= 15 is 0 Å². The molecule has 1 aromatic rings. The zero-order valence-corrected chi connectivity index (χ0v) is 10.1. The Morgan fingerprint density at radius 3 is 2.87 bits per heavy atom. The van der Waals surface area contributed by atoms with Gasteiger partial charge in [-0.1, -0.05) is 6.92 Å². The zero-order valence-electron chi connectivity index (χ0n) is 9.28. The van der Waals surface area contributed by atoms with Gasteiger partial charge in [0.05, 0.1) is 0 Å². The highest BCUT2D eigenvalue weighted by Gasteiger charge is 2.15. The van der Waals surface area contributed by atoms with E-state index < -0.39 is 0 Å². The fourth-order valence-corrected chi connectivity index (χ4v) is 2.88. The van der Waals surface area contributed by atoms with E-state index in [1.807, 2.05) is 6.20 Å². The average Bonchev–Trinajstić information content (AvgIpc) is 2.78. The maximum Gasteiger partial charge on any atom is 0.185 e. The second-order valence-electron chi connectivity index (χ2n) is 4.23. The number of hydrogen-bond donors (Lipinski definition) is 1. The minimum atomic E-state index is 0.445. The Kier molecular flexibility index (Phi) is 3.59. The minimum Gasteiger partial charge on any atom is -0.348 e. The molecule has 1 atom stereocenters. The van der Waals surface area contributed by atoms with Crippen LogP contribution in [0.5, 0.6) is 0 Å². The standard InChI is InChI=1S/C11H19N3S/c1-9(7-12)10-8-13-11(15-10)14-5-3-2-4-6-14/h8-9H,2-7,12H2,1H3. The first-order valence-corrected chi connectivity index (χ1v) is 6.53. The first kappa shape index (κ1) is 10.9. The van der Waals surface area contributed by atoms with Crippen molar-refractivity contribution in [1.82, 2.24) is 4.98 Å². The lowest BCUT2D eigenvalue weighted by molar-refractivity contribution is 0.577. The van der Waals surface area contributed by atoms with Crippen LogP contribution in [0.2, 0.25) is 0 Å². The summed E-state index contributed by atoms with van der Waals surface area (Å²) in [4.78, 5) is 8.22. The van der Waals surface area contributed by atoms with Crippen LogP contribution >= 0.6 is 11.3 Å². The van der Waals surface area contributed by atoms with Gasteiger partial charge in [0, 0.05) is 30.1 Å². The molecule has 0 amide bonds. The molecule has 0 aliphatic carbocycles. The minimum absolute atomic E-state index is 0.445. The number of hydrogen-bond acceptors (Lipinski definition) is 4. The Balaban J connectivity index is 2.05. The van der Waals surface area contributed by atoms with Gasteiger partial charge >= 0.3 is 0 Å². The third-order valence-electron chi connectivity index (χ3n) is 2.98. The van der Waals surface area contributed by atoms with Gasteiger partial charge in [-0.2, -0.15) is 0 Å². The van der Waals surface area contributed by atoms with Crippen molar-refractivity contribution in [3.63, 3.8) is 0 Å². The molecule has 2 N–H and O–H groups in total. The molecule has 1 fully saturated rings. The Morgan fingerprint density at radius 1 is 1.47 bits per heavy atom. The van der Waals surface area contributed by atoms with Crippen LogP contribution in [0.4, 0.5) is 5.13 Å². The normalized spacial score (nSPS) is 19.2. The molecule has 3 nitrogen and oxygen atoms in total. The SMILES string of the molecule is CC(CN)c1cnc(N2CCCCC2)s1. The fraction of sp³-hybridized carbons (Fsp3) is 0.727. The van der Waals surface area contributed by atoms with Crippen LogP contribution < -0.4 is 10.6 Å². The number of nitrogens with zero attached hydrogens (tertiary/aromatic N) is 2. The molecule has 1 unspecified atom stereocenters. The van der Waals surface area contributed by atoms with E-state index in [-0.39, 0.29) is 0 Å². The predicted octanol–water partition coefficient (Wildman–Crippen LogP) is 2.20. The third kappa shape index (κ3) is 2.49. The summed E-state index contributed by atoms with van der Waals surface area (Å²) in [6, 6.07) is 0. The molecule has 2 rings (SSSR count). The van der Waals surface area contributed by atoms with Gasteiger partial charge < -0.3 is 10.6 Å². The molecule has 1 aromatic heterocycles. The van der Waals surface area contributed by atoms with E-state index in [2.05, 4.69) is 16.8 Å². The van der Waals surface area contributed by atoms with Gasteiger partial charge in [-0.15, -0.1) is 11.3 Å². The highest BCUT2D eigenvalue weighted by Crippen LogP contribution is 2.29. The Hall–Kier alpha value is -0.610. The van der Waals surface area contributed by atoms with Crippen LogP contribution in [0, 0.1) is 0 Å². The summed E-state index contributed by atoms with van der Waals surface area (Å²) < 4.78 is 0. The summed E-state index contributed by atoms with van der Waals surface area (Å²) >= 11 is 1.81. The van der Waals surface area contributed by atoms with E-state index in [9.17, 15) is 0 Å². The maximum absolute atomic E-state index is 5.66. The second kappa shape index (κ2) is 4.94. The largest absolute Gasteiger partial charge is 0.348 e. The lowest BCUT2D eigenvalue weighted by atomic mass is 10.1. The molecule has 1 aliphatic heterocycles. The zero-order chi connectivity index (χ0) is 10.7. The van der Waals surface area contributed by atoms with Gasteiger partial charge in [0.1, 0.15) is 0 Å². The van der Waals surface area contributed by atoms with Crippen LogP contribution in [0.1, 0.15) is 37.0 Å². The highest BCUT2D eigenvalue weighted by molar-refractivity contribution is 7.15. The van der Waals surface area contributed by atoms with Crippen LogP contribution in [0.25, 0.3) is 0 Å². The van der Waals surface area contributed by atoms with Crippen molar-refractivity contribution >= 4 is 16.5 Å². The summed E-state index contributed by atoms with van der Waals surface area (Å²) in [5.41, 5.74) is 5.66. The van der Waals surface area contributed by atoms with Crippen molar-refractivity contribution in [2.75, 3.05) is 24.5 Å². The maximum atomic E-state index is 5.66. The topological polar surface area (TPSA) is 42.1 Å². The quantitative estimate of drug-likeness (QED) is 0.857. The van der Waals surface area contributed by atoms with E-state index in [0.717, 1.165) is 0 Å². The first-order valence-electron chi connectivity index (χ1n) is 5.72. The molecule has 2 heterocycles. The van der Waals surface area contributed by atoms with Crippen LogP contribution in [-0.4, -0.2) is 24.6 Å². The molecule has 0 spiro atoms. The van der Waals surface area contributed by atoms with Crippen molar-refractivity contribution in [3.05, 3.63) is 11.1 Å². The second-order valence-corrected chi connectivity index (χ2v) is 5.27. The first-order chi connectivity index (χ1) is 7.31. The molecular formula is C11H19N3S. The molecule has 0 radical (unpaired) electrons. The molecule has 1 saturated heterocycles. The number of piperidine rings is 1. The molecule has 15 heavy (non-hydrogen) atoms. The number of aromatic nitrogens is 1.